The van der Waals surface area contributed by atoms with Crippen molar-refractivity contribution < 1.29 is 5.11 Å². The minimum absolute atomic E-state index is 0.0362. The Morgan fingerprint density at radius 2 is 1.55 bits per heavy atom. The molecule has 0 spiro atoms. The second kappa shape index (κ2) is 4.79. The van der Waals surface area contributed by atoms with Gasteiger partial charge in [-0.1, -0.05) is 33.8 Å². The van der Waals surface area contributed by atoms with E-state index in [-0.39, 0.29) is 16.9 Å². The molecule has 4 aliphatic rings. The summed E-state index contributed by atoms with van der Waals surface area (Å²) in [4.78, 5) is 6.78. The maximum Gasteiger partial charge on any atom is 0.0981 e. The largest absolute Gasteiger partial charge is 0.392 e. The highest BCUT2D eigenvalue weighted by molar-refractivity contribution is 7.10. The fourth-order valence-corrected chi connectivity index (χ4v) is 6.27. The summed E-state index contributed by atoms with van der Waals surface area (Å²) in [7, 11) is 0. The topological polar surface area (TPSA) is 26.7 Å². The average Bonchev–Trinajstić information content (AvgIpc) is 2.96. The van der Waals surface area contributed by atoms with Gasteiger partial charge in [0, 0.05) is 41.9 Å². The molecule has 0 unspecified atom stereocenters. The summed E-state index contributed by atoms with van der Waals surface area (Å²) in [6.07, 6.45) is 0.267. The third-order valence-corrected chi connectivity index (χ3v) is 7.78. The molecule has 0 amide bonds. The summed E-state index contributed by atoms with van der Waals surface area (Å²) in [6.45, 7) is 13.4. The molecule has 0 aromatic carbocycles. The quantitative estimate of drug-likeness (QED) is 0.927. The molecule has 1 aromatic heterocycles. The number of rotatable bonds is 3. The summed E-state index contributed by atoms with van der Waals surface area (Å²) in [6, 6.07) is 4.44. The second-order valence-electron chi connectivity index (χ2n) is 8.38. The van der Waals surface area contributed by atoms with Crippen LogP contribution >= 0.6 is 11.3 Å². The molecule has 0 radical (unpaired) electrons. The Bertz CT molecular complexity index is 509. The zero-order valence-electron chi connectivity index (χ0n) is 14.1. The summed E-state index contributed by atoms with van der Waals surface area (Å²) in [5.74, 6) is 1.02. The number of hydrogen-bond acceptors (Lipinski definition) is 4. The van der Waals surface area contributed by atoms with Crippen molar-refractivity contribution in [3.05, 3.63) is 22.4 Å². The van der Waals surface area contributed by atoms with E-state index >= 15 is 0 Å². The van der Waals surface area contributed by atoms with Gasteiger partial charge in [-0.25, -0.2) is 0 Å². The van der Waals surface area contributed by atoms with Gasteiger partial charge in [-0.15, -0.1) is 11.3 Å². The molecular formula is C18H28N2OS. The monoisotopic (exact) mass is 320 g/mol. The van der Waals surface area contributed by atoms with Crippen LogP contribution in [0.25, 0.3) is 0 Å². The normalized spacial score (nSPS) is 46.9. The van der Waals surface area contributed by atoms with E-state index in [1.165, 1.54) is 4.88 Å². The number of aliphatic hydroxyl groups is 1. The molecule has 5 heterocycles. The first-order valence-corrected chi connectivity index (χ1v) is 9.48. The van der Waals surface area contributed by atoms with Crippen LogP contribution < -0.4 is 0 Å². The minimum atomic E-state index is -0.170. The van der Waals surface area contributed by atoms with Crippen LogP contribution in [0.5, 0.6) is 0 Å². The Labute approximate surface area is 137 Å². The maximum absolute atomic E-state index is 11.3. The molecule has 22 heavy (non-hydrogen) atoms. The van der Waals surface area contributed by atoms with Gasteiger partial charge in [-0.3, -0.25) is 9.80 Å². The van der Waals surface area contributed by atoms with E-state index in [2.05, 4.69) is 55.0 Å². The summed E-state index contributed by atoms with van der Waals surface area (Å²) in [5.41, 5.74) is 0.0725. The van der Waals surface area contributed by atoms with Crippen molar-refractivity contribution in [2.24, 2.45) is 22.7 Å². The Balaban J connectivity index is 1.79. The molecule has 4 heteroatoms. The molecule has 0 atom stereocenters. The number of thiophene rings is 1. The van der Waals surface area contributed by atoms with Crippen LogP contribution in [0.2, 0.25) is 0 Å². The van der Waals surface area contributed by atoms with Gasteiger partial charge in [0.15, 0.2) is 0 Å². The summed E-state index contributed by atoms with van der Waals surface area (Å²) < 4.78 is 0. The van der Waals surface area contributed by atoms with Gasteiger partial charge < -0.3 is 5.11 Å². The Hall–Kier alpha value is -0.420. The lowest BCUT2D eigenvalue weighted by atomic mass is 9.52. The van der Waals surface area contributed by atoms with Crippen molar-refractivity contribution in [1.82, 2.24) is 9.80 Å². The number of nitrogens with zero attached hydrogens (tertiary/aromatic N) is 2. The van der Waals surface area contributed by atoms with Crippen molar-refractivity contribution in [3.63, 3.8) is 0 Å². The summed E-state index contributed by atoms with van der Waals surface area (Å²) in [5, 5.41) is 13.5. The molecule has 4 fully saturated rings. The first-order valence-electron chi connectivity index (χ1n) is 8.60. The van der Waals surface area contributed by atoms with Gasteiger partial charge in [0.05, 0.1) is 12.3 Å². The maximum atomic E-state index is 11.3. The lowest BCUT2D eigenvalue weighted by Gasteiger charge is -2.71. The first-order chi connectivity index (χ1) is 10.4. The Morgan fingerprint density at radius 1 is 1.05 bits per heavy atom. The van der Waals surface area contributed by atoms with E-state index in [0.29, 0.717) is 18.0 Å². The molecule has 122 valence electrons. The van der Waals surface area contributed by atoms with Gasteiger partial charge in [0.2, 0.25) is 0 Å². The predicted molar refractivity (Wildman–Crippen MR) is 90.8 cm³/mol. The third kappa shape index (κ3) is 1.73. The van der Waals surface area contributed by atoms with E-state index in [0.717, 1.165) is 26.2 Å². The van der Waals surface area contributed by atoms with Crippen LogP contribution in [0.3, 0.4) is 0 Å². The van der Waals surface area contributed by atoms with E-state index in [1.807, 2.05) is 11.3 Å². The van der Waals surface area contributed by atoms with Crippen molar-refractivity contribution in [3.8, 4) is 0 Å². The van der Waals surface area contributed by atoms with Gasteiger partial charge >= 0.3 is 0 Å². The Morgan fingerprint density at radius 3 is 1.91 bits per heavy atom. The van der Waals surface area contributed by atoms with Gasteiger partial charge in [0.25, 0.3) is 0 Å². The predicted octanol–water partition coefficient (Wildman–Crippen LogP) is 3.04. The van der Waals surface area contributed by atoms with Crippen molar-refractivity contribution in [1.29, 1.82) is 0 Å². The number of hydrogen-bond donors (Lipinski definition) is 1. The van der Waals surface area contributed by atoms with Gasteiger partial charge in [-0.05, 0) is 23.3 Å². The zero-order valence-corrected chi connectivity index (χ0v) is 14.9. The highest BCUT2D eigenvalue weighted by Crippen LogP contribution is 2.59. The SMILES string of the molecule is CC(C)C12CN3CC(C(C)C)(CN(C1)C3c1cccs1)C2O. The van der Waals surface area contributed by atoms with Crippen LogP contribution in [0.1, 0.15) is 38.7 Å². The van der Waals surface area contributed by atoms with E-state index < -0.39 is 0 Å². The van der Waals surface area contributed by atoms with Crippen LogP contribution in [-0.2, 0) is 0 Å². The average molecular weight is 321 g/mol. The molecule has 4 bridgehead atoms. The van der Waals surface area contributed by atoms with E-state index in [9.17, 15) is 5.11 Å². The van der Waals surface area contributed by atoms with Crippen LogP contribution in [0, 0.1) is 22.7 Å². The molecular weight excluding hydrogens is 292 g/mol. The first kappa shape index (κ1) is 15.1. The minimum Gasteiger partial charge on any atom is -0.392 e. The Kier molecular flexibility index (Phi) is 3.29. The second-order valence-corrected chi connectivity index (χ2v) is 9.36. The molecule has 0 saturated carbocycles. The van der Waals surface area contributed by atoms with E-state index in [1.54, 1.807) is 0 Å². The summed E-state index contributed by atoms with van der Waals surface area (Å²) >= 11 is 1.87. The lowest BCUT2D eigenvalue weighted by Crippen LogP contribution is -2.80. The molecule has 1 N–H and O–H groups in total. The molecule has 4 aliphatic heterocycles. The van der Waals surface area contributed by atoms with Crippen molar-refractivity contribution >= 4 is 11.3 Å². The molecule has 3 nitrogen and oxygen atoms in total. The van der Waals surface area contributed by atoms with Gasteiger partial charge in [-0.2, -0.15) is 0 Å². The molecule has 5 rings (SSSR count). The van der Waals surface area contributed by atoms with E-state index in [4.69, 9.17) is 0 Å². The highest BCUT2D eigenvalue weighted by Gasteiger charge is 2.66. The fraction of sp³-hybridized carbons (Fsp3) is 0.778. The number of piperidine rings is 2. The molecule has 4 saturated heterocycles. The third-order valence-electron chi connectivity index (χ3n) is 6.87. The number of aliphatic hydroxyl groups excluding tert-OH is 1. The van der Waals surface area contributed by atoms with Crippen molar-refractivity contribution in [2.75, 3.05) is 26.2 Å². The molecule has 0 aliphatic carbocycles. The fourth-order valence-electron chi connectivity index (χ4n) is 5.38. The lowest BCUT2D eigenvalue weighted by molar-refractivity contribution is -0.287. The van der Waals surface area contributed by atoms with Crippen LogP contribution in [0.15, 0.2) is 17.5 Å². The zero-order chi connectivity index (χ0) is 15.7. The molecule has 1 aromatic rings. The smallest absolute Gasteiger partial charge is 0.0981 e. The highest BCUT2D eigenvalue weighted by atomic mass is 32.1. The van der Waals surface area contributed by atoms with Crippen LogP contribution in [-0.4, -0.2) is 47.2 Å². The standard InChI is InChI=1S/C18H28N2OS/c1-12(2)17-8-19-10-18(13(3)4,16(17)21)11-20(9-17)15(19)14-6-5-7-22-14/h5-7,12-13,15-16,21H,8-11H2,1-4H3. The van der Waals surface area contributed by atoms with Crippen molar-refractivity contribution in [2.45, 2.75) is 40.0 Å². The van der Waals surface area contributed by atoms with Crippen LogP contribution in [0.4, 0.5) is 0 Å². The van der Waals surface area contributed by atoms with Gasteiger partial charge in [0.1, 0.15) is 0 Å².